The summed E-state index contributed by atoms with van der Waals surface area (Å²) in [6, 6.07) is 6.57. The summed E-state index contributed by atoms with van der Waals surface area (Å²) in [6.45, 7) is 6.40. The maximum absolute atomic E-state index is 12.2. The van der Waals surface area contributed by atoms with Crippen LogP contribution in [0.2, 0.25) is 0 Å². The van der Waals surface area contributed by atoms with Gasteiger partial charge in [0, 0.05) is 11.1 Å². The molecule has 2 saturated carbocycles. The van der Waals surface area contributed by atoms with Crippen LogP contribution in [0.25, 0.3) is 5.69 Å². The lowest BCUT2D eigenvalue weighted by Crippen LogP contribution is -2.34. The molecular formula is C20H24N6O3. The van der Waals surface area contributed by atoms with Gasteiger partial charge >= 0.3 is 5.97 Å². The van der Waals surface area contributed by atoms with Crippen LogP contribution in [0.5, 0.6) is 0 Å². The largest absolute Gasteiger partial charge is 0.452 e. The predicted molar refractivity (Wildman–Crippen MR) is 104 cm³/mol. The van der Waals surface area contributed by atoms with Crippen LogP contribution in [-0.2, 0) is 9.53 Å². The van der Waals surface area contributed by atoms with E-state index in [0.29, 0.717) is 17.2 Å². The summed E-state index contributed by atoms with van der Waals surface area (Å²) < 4.78 is 6.57. The SMILES string of the molecule is CC12CCC(C/C1=N/NC(=O)COC(=O)c1ccc(-n3cnnn3)cc1)C2(C)C. The molecule has 2 fully saturated rings. The molecule has 1 heterocycles. The minimum atomic E-state index is -0.580. The minimum Gasteiger partial charge on any atom is -0.452 e. The Hall–Kier alpha value is -3.10. The predicted octanol–water partition coefficient (Wildman–Crippen LogP) is 2.14. The second-order valence-corrected chi connectivity index (χ2v) is 8.46. The number of ether oxygens (including phenoxy) is 1. The molecule has 0 aliphatic heterocycles. The van der Waals surface area contributed by atoms with Gasteiger partial charge in [-0.05, 0) is 65.3 Å². The van der Waals surface area contributed by atoms with Gasteiger partial charge < -0.3 is 4.74 Å². The number of nitrogens with one attached hydrogen (secondary N) is 1. The number of carbonyl (C=O) groups is 2. The van der Waals surface area contributed by atoms with Crippen LogP contribution in [-0.4, -0.2) is 44.4 Å². The quantitative estimate of drug-likeness (QED) is 0.612. The Morgan fingerprint density at radius 3 is 2.62 bits per heavy atom. The minimum absolute atomic E-state index is 0.0168. The lowest BCUT2D eigenvalue weighted by atomic mass is 9.70. The highest BCUT2D eigenvalue weighted by Gasteiger charge is 2.60. The van der Waals surface area contributed by atoms with Gasteiger partial charge in [0.2, 0.25) is 0 Å². The van der Waals surface area contributed by atoms with Gasteiger partial charge in [-0.1, -0.05) is 20.8 Å². The van der Waals surface area contributed by atoms with Crippen LogP contribution in [0, 0.1) is 16.7 Å². The van der Waals surface area contributed by atoms with Crippen LogP contribution in [0.4, 0.5) is 0 Å². The van der Waals surface area contributed by atoms with Crippen LogP contribution in [0.1, 0.15) is 50.4 Å². The number of hydrogen-bond donors (Lipinski definition) is 1. The Morgan fingerprint density at radius 2 is 2.03 bits per heavy atom. The molecule has 1 N–H and O–H groups in total. The average molecular weight is 396 g/mol. The van der Waals surface area contributed by atoms with Crippen molar-refractivity contribution in [2.75, 3.05) is 6.61 Å². The fourth-order valence-electron chi connectivity index (χ4n) is 4.50. The number of tetrazole rings is 1. The molecule has 2 aliphatic carbocycles. The summed E-state index contributed by atoms with van der Waals surface area (Å²) in [4.78, 5) is 24.3. The van der Waals surface area contributed by atoms with Crippen LogP contribution < -0.4 is 5.43 Å². The molecule has 2 bridgehead atoms. The number of nitrogens with zero attached hydrogens (tertiary/aromatic N) is 5. The van der Waals surface area contributed by atoms with E-state index in [9.17, 15) is 9.59 Å². The highest BCUT2D eigenvalue weighted by Crippen LogP contribution is 2.63. The molecule has 0 radical (unpaired) electrons. The van der Waals surface area contributed by atoms with E-state index < -0.39 is 11.9 Å². The number of fused-ring (bicyclic) bond motifs is 2. The summed E-state index contributed by atoms with van der Waals surface area (Å²) in [7, 11) is 0. The Bertz CT molecular complexity index is 951. The van der Waals surface area contributed by atoms with E-state index in [1.165, 1.54) is 17.4 Å². The van der Waals surface area contributed by atoms with E-state index in [2.05, 4.69) is 46.8 Å². The smallest absolute Gasteiger partial charge is 0.338 e. The van der Waals surface area contributed by atoms with Crippen LogP contribution >= 0.6 is 0 Å². The van der Waals surface area contributed by atoms with E-state index in [0.717, 1.165) is 18.6 Å². The Balaban J connectivity index is 1.30. The van der Waals surface area contributed by atoms with Gasteiger partial charge in [0.15, 0.2) is 6.61 Å². The standard InChI is InChI=1S/C20H24N6O3/c1-19(2)14-8-9-20(19,3)16(10-14)22-23-17(27)11-29-18(28)13-4-6-15(7-5-13)26-12-21-24-25-26/h4-7,12,14H,8-11H2,1-3H3,(H,23,27)/b22-16-. The average Bonchev–Trinajstić information content (AvgIpc) is 3.37. The molecule has 29 heavy (non-hydrogen) atoms. The fourth-order valence-corrected chi connectivity index (χ4v) is 4.50. The van der Waals surface area contributed by atoms with E-state index in [1.54, 1.807) is 24.3 Å². The number of carbonyl (C=O) groups excluding carboxylic acids is 2. The van der Waals surface area contributed by atoms with E-state index >= 15 is 0 Å². The van der Waals surface area contributed by atoms with Crippen molar-refractivity contribution in [3.05, 3.63) is 36.2 Å². The highest BCUT2D eigenvalue weighted by molar-refractivity contribution is 5.95. The number of hydrogen-bond acceptors (Lipinski definition) is 7. The van der Waals surface area contributed by atoms with Crippen molar-refractivity contribution >= 4 is 17.6 Å². The van der Waals surface area contributed by atoms with Crippen LogP contribution in [0.15, 0.2) is 35.7 Å². The number of amides is 1. The zero-order chi connectivity index (χ0) is 20.6. The van der Waals surface area contributed by atoms with Crippen molar-refractivity contribution in [2.24, 2.45) is 21.8 Å². The number of hydrazone groups is 1. The van der Waals surface area contributed by atoms with E-state index in [-0.39, 0.29) is 17.4 Å². The third-order valence-corrected chi connectivity index (χ3v) is 6.88. The lowest BCUT2D eigenvalue weighted by Gasteiger charge is -2.34. The molecular weight excluding hydrogens is 372 g/mol. The molecule has 1 amide bonds. The molecule has 1 aromatic heterocycles. The van der Waals surface area contributed by atoms with Gasteiger partial charge in [0.05, 0.1) is 11.3 Å². The Morgan fingerprint density at radius 1 is 1.28 bits per heavy atom. The highest BCUT2D eigenvalue weighted by atomic mass is 16.5. The van der Waals surface area contributed by atoms with Crippen molar-refractivity contribution in [3.63, 3.8) is 0 Å². The number of benzene rings is 1. The maximum Gasteiger partial charge on any atom is 0.338 e. The van der Waals surface area contributed by atoms with Crippen molar-refractivity contribution < 1.29 is 14.3 Å². The Labute approximate surface area is 168 Å². The summed E-state index contributed by atoms with van der Waals surface area (Å²) >= 11 is 0. The third-order valence-electron chi connectivity index (χ3n) is 6.88. The van der Waals surface area contributed by atoms with Crippen LogP contribution in [0.3, 0.4) is 0 Å². The molecule has 9 heteroatoms. The summed E-state index contributed by atoms with van der Waals surface area (Å²) in [5, 5.41) is 15.3. The monoisotopic (exact) mass is 396 g/mol. The maximum atomic E-state index is 12.2. The first-order valence-electron chi connectivity index (χ1n) is 9.68. The molecule has 0 spiro atoms. The third kappa shape index (κ3) is 3.30. The first-order chi connectivity index (χ1) is 13.8. The molecule has 4 rings (SSSR count). The van der Waals surface area contributed by atoms with Gasteiger partial charge in [0.25, 0.3) is 5.91 Å². The Kier molecular flexibility index (Phi) is 4.68. The van der Waals surface area contributed by atoms with Gasteiger partial charge in [-0.15, -0.1) is 5.10 Å². The number of esters is 1. The van der Waals surface area contributed by atoms with Crippen molar-refractivity contribution in [1.82, 2.24) is 25.6 Å². The normalized spacial score (nSPS) is 25.9. The fraction of sp³-hybridized carbons (Fsp3) is 0.500. The topological polar surface area (TPSA) is 111 Å². The molecule has 1 aromatic carbocycles. The van der Waals surface area contributed by atoms with Crippen molar-refractivity contribution in [2.45, 2.75) is 40.0 Å². The summed E-state index contributed by atoms with van der Waals surface area (Å²) in [5.74, 6) is -0.415. The van der Waals surface area contributed by atoms with Crippen molar-refractivity contribution in [3.8, 4) is 5.69 Å². The van der Waals surface area contributed by atoms with Crippen molar-refractivity contribution in [1.29, 1.82) is 0 Å². The molecule has 9 nitrogen and oxygen atoms in total. The number of rotatable bonds is 5. The molecule has 2 aliphatic rings. The van der Waals surface area contributed by atoms with Gasteiger partial charge in [-0.3, -0.25) is 4.79 Å². The summed E-state index contributed by atoms with van der Waals surface area (Å²) in [6.07, 6.45) is 4.67. The zero-order valence-electron chi connectivity index (χ0n) is 16.8. The van der Waals surface area contributed by atoms with E-state index in [1.807, 2.05) is 0 Å². The number of aromatic nitrogens is 4. The molecule has 2 unspecified atom stereocenters. The van der Waals surface area contributed by atoms with Gasteiger partial charge in [0.1, 0.15) is 6.33 Å². The zero-order valence-corrected chi connectivity index (χ0v) is 16.8. The molecule has 2 atom stereocenters. The van der Waals surface area contributed by atoms with Gasteiger partial charge in [-0.25, -0.2) is 14.9 Å². The summed E-state index contributed by atoms with van der Waals surface area (Å²) in [5.41, 5.74) is 4.85. The molecule has 2 aromatic rings. The second kappa shape index (κ2) is 7.06. The molecule has 152 valence electrons. The lowest BCUT2D eigenvalue weighted by molar-refractivity contribution is -0.124. The molecule has 0 saturated heterocycles. The first kappa shape index (κ1) is 19.2. The van der Waals surface area contributed by atoms with E-state index in [4.69, 9.17) is 4.74 Å². The second-order valence-electron chi connectivity index (χ2n) is 8.46. The van der Waals surface area contributed by atoms with Gasteiger partial charge in [-0.2, -0.15) is 5.10 Å². The first-order valence-corrected chi connectivity index (χ1v) is 9.68.